The van der Waals surface area contributed by atoms with Crippen LogP contribution in [0.1, 0.15) is 22.7 Å². The van der Waals surface area contributed by atoms with Crippen molar-refractivity contribution < 1.29 is 5.11 Å². The molecule has 0 spiro atoms. The highest BCUT2D eigenvalue weighted by molar-refractivity contribution is 6.42. The number of fused-ring (bicyclic) bond motifs is 1. The van der Waals surface area contributed by atoms with Crippen LogP contribution in [0.15, 0.2) is 42.5 Å². The van der Waals surface area contributed by atoms with Crippen LogP contribution in [0, 0.1) is 0 Å². The molecule has 0 saturated heterocycles. The van der Waals surface area contributed by atoms with Gasteiger partial charge < -0.3 is 10.4 Å². The first-order valence-electron chi connectivity index (χ1n) is 6.59. The molecule has 0 unspecified atom stereocenters. The van der Waals surface area contributed by atoms with Crippen molar-refractivity contribution >= 4 is 23.2 Å². The molecule has 1 aliphatic rings. The second kappa shape index (κ2) is 5.74. The minimum absolute atomic E-state index is 0.0544. The Morgan fingerprint density at radius 3 is 2.75 bits per heavy atom. The van der Waals surface area contributed by atoms with Crippen molar-refractivity contribution in [2.24, 2.45) is 0 Å². The first kappa shape index (κ1) is 13.9. The Hall–Kier alpha value is -1.06. The predicted octanol–water partition coefficient (Wildman–Crippen LogP) is 3.74. The lowest BCUT2D eigenvalue weighted by Crippen LogP contribution is -2.28. The Labute approximate surface area is 128 Å². The molecule has 0 aliphatic heterocycles. The maximum absolute atomic E-state index is 10.2. The molecule has 20 heavy (non-hydrogen) atoms. The zero-order valence-corrected chi connectivity index (χ0v) is 12.3. The summed E-state index contributed by atoms with van der Waals surface area (Å²) in [6.45, 7) is 0.579. The van der Waals surface area contributed by atoms with Crippen molar-refractivity contribution in [1.82, 2.24) is 5.32 Å². The topological polar surface area (TPSA) is 32.3 Å². The van der Waals surface area contributed by atoms with Crippen LogP contribution < -0.4 is 5.32 Å². The van der Waals surface area contributed by atoms with Crippen LogP contribution in [-0.2, 0) is 13.0 Å². The maximum atomic E-state index is 10.2. The third-order valence-corrected chi connectivity index (χ3v) is 4.61. The molecule has 0 aromatic heterocycles. The average Bonchev–Trinajstić information content (AvgIpc) is 2.76. The lowest BCUT2D eigenvalue weighted by atomic mass is 10.1. The quantitative estimate of drug-likeness (QED) is 0.905. The number of halogens is 2. The Bertz CT molecular complexity index is 630. The van der Waals surface area contributed by atoms with E-state index in [4.69, 9.17) is 23.2 Å². The van der Waals surface area contributed by atoms with Gasteiger partial charge in [0.15, 0.2) is 0 Å². The van der Waals surface area contributed by atoms with Crippen molar-refractivity contribution in [2.45, 2.75) is 25.1 Å². The van der Waals surface area contributed by atoms with Crippen LogP contribution in [-0.4, -0.2) is 11.2 Å². The molecule has 1 aliphatic carbocycles. The summed E-state index contributed by atoms with van der Waals surface area (Å²) in [4.78, 5) is 0. The second-order valence-electron chi connectivity index (χ2n) is 5.04. The zero-order chi connectivity index (χ0) is 14.1. The van der Waals surface area contributed by atoms with Gasteiger partial charge in [0.1, 0.15) is 0 Å². The third-order valence-electron chi connectivity index (χ3n) is 3.75. The van der Waals surface area contributed by atoms with Gasteiger partial charge in [-0.2, -0.15) is 0 Å². The van der Waals surface area contributed by atoms with E-state index in [1.807, 2.05) is 24.3 Å². The fraction of sp³-hybridized carbons (Fsp3) is 0.250. The van der Waals surface area contributed by atoms with Gasteiger partial charge in [-0.15, -0.1) is 0 Å². The molecule has 2 aromatic rings. The van der Waals surface area contributed by atoms with E-state index in [2.05, 4.69) is 17.4 Å². The lowest BCUT2D eigenvalue weighted by Gasteiger charge is -2.18. The fourth-order valence-electron chi connectivity index (χ4n) is 2.72. The Morgan fingerprint density at radius 1 is 1.10 bits per heavy atom. The SMILES string of the molecule is O[C@@H]1Cc2ccccc2[C@@H]1NCc1cccc(Cl)c1Cl. The second-order valence-corrected chi connectivity index (χ2v) is 5.83. The number of hydrogen-bond acceptors (Lipinski definition) is 2. The van der Waals surface area contributed by atoms with Crippen molar-refractivity contribution in [3.8, 4) is 0 Å². The van der Waals surface area contributed by atoms with E-state index in [-0.39, 0.29) is 6.04 Å². The molecule has 2 nitrogen and oxygen atoms in total. The van der Waals surface area contributed by atoms with Crippen molar-refractivity contribution in [2.75, 3.05) is 0 Å². The monoisotopic (exact) mass is 307 g/mol. The van der Waals surface area contributed by atoms with Gasteiger partial charge in [-0.25, -0.2) is 0 Å². The zero-order valence-electron chi connectivity index (χ0n) is 10.8. The molecular weight excluding hydrogens is 293 g/mol. The van der Waals surface area contributed by atoms with E-state index in [1.54, 1.807) is 6.07 Å². The number of nitrogens with one attached hydrogen (secondary N) is 1. The van der Waals surface area contributed by atoms with Crippen LogP contribution in [0.3, 0.4) is 0 Å². The summed E-state index contributed by atoms with van der Waals surface area (Å²) in [5, 5.41) is 14.7. The molecule has 3 rings (SSSR count). The van der Waals surface area contributed by atoms with Crippen LogP contribution in [0.2, 0.25) is 10.0 Å². The van der Waals surface area contributed by atoms with Gasteiger partial charge in [0, 0.05) is 13.0 Å². The van der Waals surface area contributed by atoms with Crippen LogP contribution >= 0.6 is 23.2 Å². The fourth-order valence-corrected chi connectivity index (χ4v) is 3.11. The summed E-state index contributed by atoms with van der Waals surface area (Å²) in [5.41, 5.74) is 3.31. The normalized spacial score (nSPS) is 20.9. The average molecular weight is 308 g/mol. The standard InChI is InChI=1S/C16H15Cl2NO/c17-13-7-3-5-11(15(13)18)9-19-16-12-6-2-1-4-10(12)8-14(16)20/h1-7,14,16,19-20H,8-9H2/t14-,16+/m1/s1. The minimum atomic E-state index is -0.398. The highest BCUT2D eigenvalue weighted by Crippen LogP contribution is 2.32. The van der Waals surface area contributed by atoms with Gasteiger partial charge in [-0.3, -0.25) is 0 Å². The molecule has 2 N–H and O–H groups in total. The lowest BCUT2D eigenvalue weighted by molar-refractivity contribution is 0.140. The molecule has 104 valence electrons. The number of hydrogen-bond donors (Lipinski definition) is 2. The molecule has 0 radical (unpaired) electrons. The summed E-state index contributed by atoms with van der Waals surface area (Å²) in [6.07, 6.45) is 0.294. The first-order valence-corrected chi connectivity index (χ1v) is 7.34. The summed E-state index contributed by atoms with van der Waals surface area (Å²) < 4.78 is 0. The summed E-state index contributed by atoms with van der Waals surface area (Å²) in [6, 6.07) is 13.7. The van der Waals surface area contributed by atoms with Crippen molar-refractivity contribution in [3.63, 3.8) is 0 Å². The molecule has 2 atom stereocenters. The maximum Gasteiger partial charge on any atom is 0.0775 e. The smallest absolute Gasteiger partial charge is 0.0775 e. The van der Waals surface area contributed by atoms with Gasteiger partial charge in [-0.1, -0.05) is 59.6 Å². The van der Waals surface area contributed by atoms with Crippen LogP contribution in [0.25, 0.3) is 0 Å². The van der Waals surface area contributed by atoms with Gasteiger partial charge in [0.2, 0.25) is 0 Å². The molecule has 4 heteroatoms. The van der Waals surface area contributed by atoms with E-state index in [1.165, 1.54) is 5.56 Å². The highest BCUT2D eigenvalue weighted by atomic mass is 35.5. The summed E-state index contributed by atoms with van der Waals surface area (Å²) in [7, 11) is 0. The van der Waals surface area contributed by atoms with E-state index < -0.39 is 6.10 Å². The molecule has 2 aromatic carbocycles. The number of aliphatic hydroxyl groups excluding tert-OH is 1. The Kier molecular flexibility index (Phi) is 3.99. The van der Waals surface area contributed by atoms with Gasteiger partial charge in [0.25, 0.3) is 0 Å². The minimum Gasteiger partial charge on any atom is -0.391 e. The molecular formula is C16H15Cl2NO. The Balaban J connectivity index is 1.77. The summed E-state index contributed by atoms with van der Waals surface area (Å²) in [5.74, 6) is 0. The van der Waals surface area contributed by atoms with E-state index in [0.29, 0.717) is 23.0 Å². The molecule has 0 heterocycles. The van der Waals surface area contributed by atoms with Gasteiger partial charge >= 0.3 is 0 Å². The largest absolute Gasteiger partial charge is 0.391 e. The first-order chi connectivity index (χ1) is 9.66. The number of rotatable bonds is 3. The van der Waals surface area contributed by atoms with Gasteiger partial charge in [0.05, 0.1) is 22.2 Å². The van der Waals surface area contributed by atoms with Crippen LogP contribution in [0.5, 0.6) is 0 Å². The third kappa shape index (κ3) is 2.57. The number of benzene rings is 2. The highest BCUT2D eigenvalue weighted by Gasteiger charge is 2.30. The summed E-state index contributed by atoms with van der Waals surface area (Å²) >= 11 is 12.2. The molecule has 0 amide bonds. The molecule has 0 saturated carbocycles. The van der Waals surface area contributed by atoms with Crippen molar-refractivity contribution in [1.29, 1.82) is 0 Å². The van der Waals surface area contributed by atoms with E-state index in [0.717, 1.165) is 11.1 Å². The van der Waals surface area contributed by atoms with E-state index >= 15 is 0 Å². The van der Waals surface area contributed by atoms with Crippen molar-refractivity contribution in [3.05, 3.63) is 69.2 Å². The predicted molar refractivity (Wildman–Crippen MR) is 82.2 cm³/mol. The Morgan fingerprint density at radius 2 is 1.90 bits per heavy atom. The van der Waals surface area contributed by atoms with Gasteiger partial charge in [-0.05, 0) is 22.8 Å². The van der Waals surface area contributed by atoms with E-state index in [9.17, 15) is 5.11 Å². The number of aliphatic hydroxyl groups is 1. The molecule has 0 bridgehead atoms. The van der Waals surface area contributed by atoms with Crippen LogP contribution in [0.4, 0.5) is 0 Å². The molecule has 0 fully saturated rings.